The third kappa shape index (κ3) is 3.02. The predicted molar refractivity (Wildman–Crippen MR) is 64.6 cm³/mol. The Morgan fingerprint density at radius 2 is 1.71 bits per heavy atom. The first kappa shape index (κ1) is 11.6. The number of alkyl halides is 1. The molecule has 0 radical (unpaired) electrons. The van der Waals surface area contributed by atoms with Crippen molar-refractivity contribution in [3.8, 4) is 5.75 Å². The molecule has 0 aromatic heterocycles. The van der Waals surface area contributed by atoms with E-state index in [4.69, 9.17) is 4.74 Å². The van der Waals surface area contributed by atoms with Gasteiger partial charge in [0.15, 0.2) is 0 Å². The van der Waals surface area contributed by atoms with Crippen molar-refractivity contribution in [1.82, 2.24) is 0 Å². The Morgan fingerprint density at radius 1 is 1.14 bits per heavy atom. The third-order valence-electron chi connectivity index (χ3n) is 2.13. The fraction of sp³-hybridized carbons (Fsp3) is 0.500. The van der Waals surface area contributed by atoms with Crippen molar-refractivity contribution >= 4 is 15.9 Å². The van der Waals surface area contributed by atoms with Crippen LogP contribution >= 0.6 is 15.9 Å². The zero-order valence-corrected chi connectivity index (χ0v) is 10.6. The number of hydrogen-bond acceptors (Lipinski definition) is 1. The van der Waals surface area contributed by atoms with Gasteiger partial charge in [0, 0.05) is 5.33 Å². The van der Waals surface area contributed by atoms with Gasteiger partial charge in [0.05, 0.1) is 6.61 Å². The van der Waals surface area contributed by atoms with E-state index < -0.39 is 0 Å². The van der Waals surface area contributed by atoms with Gasteiger partial charge in [0.2, 0.25) is 0 Å². The van der Waals surface area contributed by atoms with Crippen LogP contribution in [0.1, 0.15) is 23.1 Å². The number of ether oxygens (including phenoxy) is 1. The number of rotatable bonds is 4. The van der Waals surface area contributed by atoms with Crippen LogP contribution in [0, 0.1) is 20.8 Å². The highest BCUT2D eigenvalue weighted by atomic mass is 79.9. The molecule has 2 heteroatoms. The van der Waals surface area contributed by atoms with Gasteiger partial charge in [-0.05, 0) is 38.3 Å². The summed E-state index contributed by atoms with van der Waals surface area (Å²) in [6.07, 6.45) is 1.05. The van der Waals surface area contributed by atoms with Crippen LogP contribution in [0.3, 0.4) is 0 Å². The van der Waals surface area contributed by atoms with Crippen LogP contribution in [0.5, 0.6) is 5.75 Å². The summed E-state index contributed by atoms with van der Waals surface area (Å²) < 4.78 is 5.73. The first-order valence-corrected chi connectivity index (χ1v) is 6.04. The third-order valence-corrected chi connectivity index (χ3v) is 2.69. The van der Waals surface area contributed by atoms with Crippen molar-refractivity contribution in [2.75, 3.05) is 11.9 Å². The van der Waals surface area contributed by atoms with Gasteiger partial charge >= 0.3 is 0 Å². The molecule has 0 spiro atoms. The van der Waals surface area contributed by atoms with Crippen LogP contribution in [0.25, 0.3) is 0 Å². The summed E-state index contributed by atoms with van der Waals surface area (Å²) in [6, 6.07) is 4.33. The second kappa shape index (κ2) is 5.40. The molecular weight excluding hydrogens is 240 g/mol. The molecule has 0 atom stereocenters. The highest BCUT2D eigenvalue weighted by Crippen LogP contribution is 2.24. The highest BCUT2D eigenvalue weighted by molar-refractivity contribution is 9.09. The van der Waals surface area contributed by atoms with E-state index in [1.165, 1.54) is 16.7 Å². The Bertz CT molecular complexity index is 284. The van der Waals surface area contributed by atoms with E-state index in [0.717, 1.165) is 24.1 Å². The molecular formula is C12H17BrO. The molecule has 0 aliphatic rings. The summed E-state index contributed by atoms with van der Waals surface area (Å²) in [7, 11) is 0. The second-order valence-electron chi connectivity index (χ2n) is 3.62. The molecule has 0 heterocycles. The van der Waals surface area contributed by atoms with E-state index in [-0.39, 0.29) is 0 Å². The fourth-order valence-corrected chi connectivity index (χ4v) is 1.85. The first-order valence-electron chi connectivity index (χ1n) is 4.91. The van der Waals surface area contributed by atoms with Crippen molar-refractivity contribution < 1.29 is 4.74 Å². The summed E-state index contributed by atoms with van der Waals surface area (Å²) in [5.74, 6) is 1.05. The zero-order chi connectivity index (χ0) is 10.6. The number of aryl methyl sites for hydroxylation is 3. The van der Waals surface area contributed by atoms with Gasteiger partial charge in [-0.15, -0.1) is 0 Å². The molecule has 0 saturated carbocycles. The van der Waals surface area contributed by atoms with Crippen molar-refractivity contribution in [2.24, 2.45) is 0 Å². The molecule has 0 unspecified atom stereocenters. The van der Waals surface area contributed by atoms with E-state index >= 15 is 0 Å². The Hall–Kier alpha value is -0.500. The Labute approximate surface area is 94.6 Å². The quantitative estimate of drug-likeness (QED) is 0.589. The molecule has 1 nitrogen and oxygen atoms in total. The lowest BCUT2D eigenvalue weighted by Crippen LogP contribution is -2.01. The van der Waals surface area contributed by atoms with Crippen LogP contribution in [0.2, 0.25) is 0 Å². The van der Waals surface area contributed by atoms with E-state index in [1.807, 2.05) is 0 Å². The van der Waals surface area contributed by atoms with Gasteiger partial charge in [0.1, 0.15) is 5.75 Å². The number of hydrogen-bond donors (Lipinski definition) is 0. The Morgan fingerprint density at radius 3 is 2.21 bits per heavy atom. The van der Waals surface area contributed by atoms with Crippen molar-refractivity contribution in [3.05, 3.63) is 28.8 Å². The molecule has 0 amide bonds. The van der Waals surface area contributed by atoms with E-state index in [0.29, 0.717) is 0 Å². The van der Waals surface area contributed by atoms with Crippen molar-refractivity contribution in [2.45, 2.75) is 27.2 Å². The van der Waals surface area contributed by atoms with E-state index in [2.05, 4.69) is 48.8 Å². The van der Waals surface area contributed by atoms with Crippen molar-refractivity contribution in [3.63, 3.8) is 0 Å². The van der Waals surface area contributed by atoms with Crippen LogP contribution in [0.15, 0.2) is 12.1 Å². The van der Waals surface area contributed by atoms with Crippen LogP contribution < -0.4 is 4.74 Å². The van der Waals surface area contributed by atoms with Crippen molar-refractivity contribution in [1.29, 1.82) is 0 Å². The second-order valence-corrected chi connectivity index (χ2v) is 4.41. The summed E-state index contributed by atoms with van der Waals surface area (Å²) in [5, 5.41) is 0.997. The molecule has 1 aromatic carbocycles. The minimum Gasteiger partial charge on any atom is -0.493 e. The molecule has 0 N–H and O–H groups in total. The summed E-state index contributed by atoms with van der Waals surface area (Å²) >= 11 is 3.39. The number of halogens is 1. The molecule has 0 aliphatic heterocycles. The van der Waals surface area contributed by atoms with Crippen LogP contribution in [0.4, 0.5) is 0 Å². The monoisotopic (exact) mass is 256 g/mol. The van der Waals surface area contributed by atoms with E-state index in [9.17, 15) is 0 Å². The summed E-state index contributed by atoms with van der Waals surface area (Å²) in [5.41, 5.74) is 3.77. The number of benzene rings is 1. The lowest BCUT2D eigenvalue weighted by Gasteiger charge is -2.12. The average Bonchev–Trinajstić information content (AvgIpc) is 2.09. The maximum absolute atomic E-state index is 5.73. The Balaban J connectivity index is 2.75. The van der Waals surface area contributed by atoms with Gasteiger partial charge in [-0.2, -0.15) is 0 Å². The smallest absolute Gasteiger partial charge is 0.125 e. The molecule has 0 bridgehead atoms. The largest absolute Gasteiger partial charge is 0.493 e. The topological polar surface area (TPSA) is 9.23 Å². The molecule has 14 heavy (non-hydrogen) atoms. The summed E-state index contributed by atoms with van der Waals surface area (Å²) in [6.45, 7) is 7.10. The maximum Gasteiger partial charge on any atom is 0.125 e. The lowest BCUT2D eigenvalue weighted by molar-refractivity contribution is 0.315. The lowest BCUT2D eigenvalue weighted by atomic mass is 10.1. The summed E-state index contributed by atoms with van der Waals surface area (Å²) in [4.78, 5) is 0. The molecule has 0 fully saturated rings. The highest BCUT2D eigenvalue weighted by Gasteiger charge is 2.04. The van der Waals surface area contributed by atoms with Crippen LogP contribution in [-0.4, -0.2) is 11.9 Å². The Kier molecular flexibility index (Phi) is 4.46. The van der Waals surface area contributed by atoms with Gasteiger partial charge < -0.3 is 4.74 Å². The van der Waals surface area contributed by atoms with Crippen LogP contribution in [-0.2, 0) is 0 Å². The molecule has 78 valence electrons. The molecule has 1 rings (SSSR count). The normalized spacial score (nSPS) is 10.3. The maximum atomic E-state index is 5.73. The fourth-order valence-electron chi connectivity index (χ4n) is 1.62. The van der Waals surface area contributed by atoms with Gasteiger partial charge in [-0.1, -0.05) is 33.6 Å². The predicted octanol–water partition coefficient (Wildman–Crippen LogP) is 3.78. The van der Waals surface area contributed by atoms with Gasteiger partial charge in [0.25, 0.3) is 0 Å². The zero-order valence-electron chi connectivity index (χ0n) is 9.06. The molecule has 0 aliphatic carbocycles. The van der Waals surface area contributed by atoms with E-state index in [1.54, 1.807) is 0 Å². The minimum atomic E-state index is 0.788. The average molecular weight is 257 g/mol. The SMILES string of the molecule is Cc1cc(C)c(OCCCBr)c(C)c1. The van der Waals surface area contributed by atoms with Gasteiger partial charge in [-0.25, -0.2) is 0 Å². The first-order chi connectivity index (χ1) is 6.65. The standard InChI is InChI=1S/C12H17BrO/c1-9-7-10(2)12(11(3)8-9)14-6-4-5-13/h7-8H,4-6H2,1-3H3. The molecule has 0 saturated heterocycles. The molecule has 1 aromatic rings. The minimum absolute atomic E-state index is 0.788. The van der Waals surface area contributed by atoms with Gasteiger partial charge in [-0.3, -0.25) is 0 Å².